The lowest BCUT2D eigenvalue weighted by atomic mass is 10.0. The normalized spacial score (nSPS) is 20.3. The van der Waals surface area contributed by atoms with Crippen molar-refractivity contribution in [1.29, 1.82) is 0 Å². The first-order valence-electron chi connectivity index (χ1n) is 16.0. The molecule has 1 aliphatic carbocycles. The van der Waals surface area contributed by atoms with E-state index in [9.17, 15) is 39.2 Å². The fraction of sp³-hybridized carbons (Fsp3) is 0.364. The van der Waals surface area contributed by atoms with Crippen molar-refractivity contribution < 1.29 is 38.3 Å². The maximum absolute atomic E-state index is 15.3. The van der Waals surface area contributed by atoms with Gasteiger partial charge in [0, 0.05) is 67.3 Å². The number of aromatic nitrogens is 1. The number of benzene rings is 2. The molecule has 50 heavy (non-hydrogen) atoms. The average molecular weight is 707 g/mol. The Morgan fingerprint density at radius 3 is 2.60 bits per heavy atom. The molecule has 17 heteroatoms. The minimum absolute atomic E-state index is 0.0241. The number of pyridine rings is 1. The molecule has 2 aromatic carbocycles. The Morgan fingerprint density at radius 2 is 1.90 bits per heavy atom. The second kappa shape index (κ2) is 13.2. The van der Waals surface area contributed by atoms with Gasteiger partial charge in [-0.15, -0.1) is 11.8 Å². The number of fused-ring (bicyclic) bond motifs is 2. The van der Waals surface area contributed by atoms with E-state index in [-0.39, 0.29) is 46.1 Å². The van der Waals surface area contributed by atoms with Crippen molar-refractivity contribution in [2.24, 2.45) is 0 Å². The summed E-state index contributed by atoms with van der Waals surface area (Å²) in [5, 5.41) is 26.2. The summed E-state index contributed by atoms with van der Waals surface area (Å²) in [6.45, 7) is 2.09. The molecular weight excluding hydrogens is 675 g/mol. The van der Waals surface area contributed by atoms with Gasteiger partial charge in [-0.1, -0.05) is 12.1 Å². The van der Waals surface area contributed by atoms with Crippen molar-refractivity contribution in [3.05, 3.63) is 91.1 Å². The molecule has 4 heterocycles. The van der Waals surface area contributed by atoms with E-state index in [1.165, 1.54) is 30.5 Å². The third-order valence-corrected chi connectivity index (χ3v) is 10.5. The smallest absolute Gasteiger partial charge is 0.352 e. The molecule has 15 nitrogen and oxygen atoms in total. The number of β-lactam (4-membered cyclic amide) rings is 1. The first kappa shape index (κ1) is 33.2. The number of thioether (sulfide) groups is 1. The summed E-state index contributed by atoms with van der Waals surface area (Å²) in [7, 11) is 0. The number of aliphatic carboxylic acids is 1. The van der Waals surface area contributed by atoms with E-state index in [0.717, 1.165) is 35.6 Å². The summed E-state index contributed by atoms with van der Waals surface area (Å²) in [5.74, 6) is -4.23. The third kappa shape index (κ3) is 6.17. The van der Waals surface area contributed by atoms with Crippen LogP contribution in [0.25, 0.3) is 10.9 Å². The first-order valence-corrected chi connectivity index (χ1v) is 17.0. The molecule has 3 aliphatic heterocycles. The topological polar surface area (TPSA) is 193 Å². The van der Waals surface area contributed by atoms with Gasteiger partial charge in [-0.3, -0.25) is 29.4 Å². The fourth-order valence-corrected chi connectivity index (χ4v) is 7.85. The molecule has 0 spiro atoms. The van der Waals surface area contributed by atoms with Crippen LogP contribution < -0.4 is 21.0 Å². The lowest BCUT2D eigenvalue weighted by Gasteiger charge is -2.49. The number of carbonyl (C=O) groups is 4. The molecule has 2 saturated heterocycles. The van der Waals surface area contributed by atoms with E-state index < -0.39 is 57.9 Å². The van der Waals surface area contributed by atoms with E-state index in [2.05, 4.69) is 10.6 Å². The lowest BCUT2D eigenvalue weighted by molar-refractivity contribution is -0.384. The Morgan fingerprint density at radius 1 is 1.14 bits per heavy atom. The molecule has 2 atom stereocenters. The minimum atomic E-state index is -1.44. The highest BCUT2D eigenvalue weighted by Crippen LogP contribution is 2.41. The first-order chi connectivity index (χ1) is 24.0. The Hall–Kier alpha value is -5.29. The van der Waals surface area contributed by atoms with Crippen LogP contribution in [0.4, 0.5) is 15.8 Å². The molecule has 1 aromatic heterocycles. The summed E-state index contributed by atoms with van der Waals surface area (Å²) in [6.07, 6.45) is 2.83. The zero-order chi connectivity index (χ0) is 35.3. The summed E-state index contributed by atoms with van der Waals surface area (Å²) in [4.78, 5) is 78.4. The lowest BCUT2D eigenvalue weighted by Crippen LogP contribution is -2.70. The SMILES string of the molecule is O=C(Cc1cccc([N+](=O)[O-])c1)NC1C(=O)N2C(C(=O)O)=C(COC(=O)c3cn(C4CC4)c4cc(N5CCNCC5)c(F)cc4c3=O)CSC12. The number of anilines is 1. The standard InChI is InChI=1S/C33H31FN6O9S/c34-23-12-21-24(13-25(23)37-8-6-35-7-9-37)38(19-4-5-19)14-22(29(21)42)33(46)49-15-18-16-50-31-27(30(43)39(31)28(18)32(44)45)36-26(41)11-17-2-1-3-20(10-17)40(47)48/h1-3,10,12-14,19,27,31,35H,4-9,11,15-16H2,(H,36,41)(H,44,45). The molecule has 4 aliphatic rings. The zero-order valence-electron chi connectivity index (χ0n) is 26.4. The van der Waals surface area contributed by atoms with Gasteiger partial charge < -0.3 is 29.9 Å². The maximum Gasteiger partial charge on any atom is 0.352 e. The van der Waals surface area contributed by atoms with E-state index >= 15 is 4.39 Å². The molecule has 260 valence electrons. The van der Waals surface area contributed by atoms with Crippen LogP contribution in [0.15, 0.2) is 58.7 Å². The van der Waals surface area contributed by atoms with E-state index in [1.807, 2.05) is 4.90 Å². The van der Waals surface area contributed by atoms with Crippen LogP contribution in [-0.2, 0) is 25.5 Å². The molecule has 0 radical (unpaired) electrons. The largest absolute Gasteiger partial charge is 0.477 e. The predicted octanol–water partition coefficient (Wildman–Crippen LogP) is 1.93. The van der Waals surface area contributed by atoms with Crippen LogP contribution in [0.2, 0.25) is 0 Å². The number of non-ortho nitro benzene ring substituents is 1. The summed E-state index contributed by atoms with van der Waals surface area (Å²) < 4.78 is 22.6. The van der Waals surface area contributed by atoms with Gasteiger partial charge in [0.15, 0.2) is 0 Å². The molecule has 2 unspecified atom stereocenters. The Labute approximate surface area is 287 Å². The number of piperazine rings is 1. The third-order valence-electron chi connectivity index (χ3n) is 9.15. The average Bonchev–Trinajstić information content (AvgIpc) is 3.95. The van der Waals surface area contributed by atoms with Crippen LogP contribution in [-0.4, -0.2) is 93.2 Å². The van der Waals surface area contributed by atoms with Crippen LogP contribution in [0.5, 0.6) is 0 Å². The maximum atomic E-state index is 15.3. The summed E-state index contributed by atoms with van der Waals surface area (Å²) in [6, 6.07) is 7.32. The second-order valence-corrected chi connectivity index (χ2v) is 13.6. The highest BCUT2D eigenvalue weighted by Gasteiger charge is 2.54. The molecule has 7 rings (SSSR count). The van der Waals surface area contributed by atoms with Crippen molar-refractivity contribution in [2.75, 3.05) is 43.4 Å². The van der Waals surface area contributed by atoms with Crippen molar-refractivity contribution in [3.8, 4) is 0 Å². The molecule has 3 fully saturated rings. The number of carbonyl (C=O) groups excluding carboxylic acids is 3. The van der Waals surface area contributed by atoms with Crippen molar-refractivity contribution in [3.63, 3.8) is 0 Å². The number of halogens is 1. The minimum Gasteiger partial charge on any atom is -0.477 e. The number of ether oxygens (including phenoxy) is 1. The molecule has 0 bridgehead atoms. The van der Waals surface area contributed by atoms with Gasteiger partial charge in [0.25, 0.3) is 11.6 Å². The van der Waals surface area contributed by atoms with Crippen molar-refractivity contribution >= 4 is 57.8 Å². The number of carboxylic acid groups (broad SMARTS) is 1. The number of nitrogens with zero attached hydrogens (tertiary/aromatic N) is 4. The van der Waals surface area contributed by atoms with Gasteiger partial charge >= 0.3 is 11.9 Å². The molecule has 3 aromatic rings. The zero-order valence-corrected chi connectivity index (χ0v) is 27.2. The quantitative estimate of drug-likeness (QED) is 0.120. The van der Waals surface area contributed by atoms with E-state index in [0.29, 0.717) is 42.9 Å². The van der Waals surface area contributed by atoms with E-state index in [4.69, 9.17) is 4.74 Å². The highest BCUT2D eigenvalue weighted by atomic mass is 32.2. The van der Waals surface area contributed by atoms with Crippen LogP contribution in [0.3, 0.4) is 0 Å². The fourth-order valence-electron chi connectivity index (χ4n) is 6.52. The van der Waals surface area contributed by atoms with Crippen molar-refractivity contribution in [2.45, 2.75) is 36.7 Å². The predicted molar refractivity (Wildman–Crippen MR) is 178 cm³/mol. The van der Waals surface area contributed by atoms with Gasteiger partial charge in [0.1, 0.15) is 35.1 Å². The molecular formula is C33H31FN6O9S. The number of esters is 1. The summed E-state index contributed by atoms with van der Waals surface area (Å²) >= 11 is 1.16. The van der Waals surface area contributed by atoms with Crippen molar-refractivity contribution in [1.82, 2.24) is 20.1 Å². The van der Waals surface area contributed by atoms with Crippen LogP contribution in [0.1, 0.15) is 34.8 Å². The summed E-state index contributed by atoms with van der Waals surface area (Å²) in [5.41, 5.74) is -0.205. The number of amides is 2. The second-order valence-electron chi connectivity index (χ2n) is 12.5. The number of hydrogen-bond acceptors (Lipinski definition) is 11. The van der Waals surface area contributed by atoms with Gasteiger partial charge in [-0.2, -0.15) is 0 Å². The molecule has 1 saturated carbocycles. The molecule has 2 amide bonds. The number of hydrogen-bond donors (Lipinski definition) is 3. The van der Waals surface area contributed by atoms with Gasteiger partial charge in [-0.05, 0) is 30.5 Å². The van der Waals surface area contributed by atoms with Gasteiger partial charge in [0.05, 0.1) is 22.5 Å². The Bertz CT molecular complexity index is 2060. The van der Waals surface area contributed by atoms with Crippen LogP contribution >= 0.6 is 11.8 Å². The monoisotopic (exact) mass is 706 g/mol. The highest BCUT2D eigenvalue weighted by molar-refractivity contribution is 8.00. The Balaban J connectivity index is 1.07. The van der Waals surface area contributed by atoms with Gasteiger partial charge in [0.2, 0.25) is 11.3 Å². The number of nitrogens with one attached hydrogen (secondary N) is 2. The van der Waals surface area contributed by atoms with Gasteiger partial charge in [-0.25, -0.2) is 14.0 Å². The Kier molecular flexibility index (Phi) is 8.77. The number of carboxylic acids is 1. The number of rotatable bonds is 10. The van der Waals surface area contributed by atoms with E-state index in [1.54, 1.807) is 10.6 Å². The van der Waals surface area contributed by atoms with Crippen LogP contribution in [0, 0.1) is 15.9 Å². The number of nitro groups is 1. The number of nitro benzene ring substituents is 1. The molecule has 3 N–H and O–H groups in total.